The van der Waals surface area contributed by atoms with E-state index < -0.39 is 0 Å². The molecule has 0 saturated carbocycles. The molecule has 2 rings (SSSR count). The largest absolute Gasteiger partial charge is 0.383 e. The first-order chi connectivity index (χ1) is 9.08. The molecule has 2 N–H and O–H groups in total. The zero-order valence-corrected chi connectivity index (χ0v) is 11.3. The number of anilines is 1. The summed E-state index contributed by atoms with van der Waals surface area (Å²) in [5.41, 5.74) is 8.59. The summed E-state index contributed by atoms with van der Waals surface area (Å²) in [5.74, 6) is 1.27. The molecule has 1 heterocycles. The van der Waals surface area contributed by atoms with Crippen LogP contribution in [-0.2, 0) is 13.0 Å². The molecule has 0 saturated heterocycles. The van der Waals surface area contributed by atoms with Crippen LogP contribution < -0.4 is 5.73 Å². The second-order valence-corrected chi connectivity index (χ2v) is 4.47. The molecule has 19 heavy (non-hydrogen) atoms. The minimum Gasteiger partial charge on any atom is -0.383 e. The van der Waals surface area contributed by atoms with Crippen molar-refractivity contribution in [3.05, 3.63) is 48.1 Å². The smallest absolute Gasteiger partial charge is 0.132 e. The predicted molar refractivity (Wildman–Crippen MR) is 76.3 cm³/mol. The first-order valence-electron chi connectivity index (χ1n) is 6.30. The third kappa shape index (κ3) is 2.38. The fraction of sp³-hybridized carbons (Fsp3) is 0.267. The predicted octanol–water partition coefficient (Wildman–Crippen LogP) is 3.33. The van der Waals surface area contributed by atoms with E-state index in [2.05, 4.69) is 11.6 Å². The summed E-state index contributed by atoms with van der Waals surface area (Å²) >= 11 is 0. The van der Waals surface area contributed by atoms with Crippen LogP contribution in [0.1, 0.15) is 18.3 Å². The van der Waals surface area contributed by atoms with Crippen molar-refractivity contribution in [1.29, 1.82) is 0 Å². The molecular formula is C15H18FN3. The number of halogens is 1. The molecule has 0 amide bonds. The zero-order valence-electron chi connectivity index (χ0n) is 11.3. The Morgan fingerprint density at radius 1 is 1.47 bits per heavy atom. The molecule has 4 heteroatoms. The van der Waals surface area contributed by atoms with Gasteiger partial charge in [0.2, 0.25) is 0 Å². The van der Waals surface area contributed by atoms with Crippen molar-refractivity contribution in [2.45, 2.75) is 26.8 Å². The van der Waals surface area contributed by atoms with E-state index in [0.29, 0.717) is 12.4 Å². The molecule has 0 bridgehead atoms. The normalized spacial score (nSPS) is 10.7. The van der Waals surface area contributed by atoms with Crippen LogP contribution in [0.15, 0.2) is 30.9 Å². The molecule has 3 nitrogen and oxygen atoms in total. The lowest BCUT2D eigenvalue weighted by atomic mass is 10.1. The molecule has 100 valence electrons. The van der Waals surface area contributed by atoms with E-state index >= 15 is 0 Å². The lowest BCUT2D eigenvalue weighted by Crippen LogP contribution is -2.05. The molecule has 0 atom stereocenters. The first-order valence-corrected chi connectivity index (χ1v) is 6.30. The molecule has 0 radical (unpaired) electrons. The Balaban J connectivity index is 2.59. The molecule has 1 aromatic heterocycles. The number of hydrogen-bond donors (Lipinski definition) is 1. The summed E-state index contributed by atoms with van der Waals surface area (Å²) < 4.78 is 15.1. The van der Waals surface area contributed by atoms with Crippen molar-refractivity contribution in [3.63, 3.8) is 0 Å². The van der Waals surface area contributed by atoms with Crippen LogP contribution in [0.5, 0.6) is 0 Å². The third-order valence-electron chi connectivity index (χ3n) is 3.16. The van der Waals surface area contributed by atoms with E-state index in [-0.39, 0.29) is 5.82 Å². The van der Waals surface area contributed by atoms with Crippen molar-refractivity contribution in [1.82, 2.24) is 9.55 Å². The van der Waals surface area contributed by atoms with Gasteiger partial charge in [0.1, 0.15) is 23.2 Å². The molecule has 0 spiro atoms. The number of rotatable bonds is 4. The van der Waals surface area contributed by atoms with E-state index in [9.17, 15) is 4.39 Å². The number of aromatic nitrogens is 2. The molecule has 0 aliphatic carbocycles. The van der Waals surface area contributed by atoms with E-state index in [1.807, 2.05) is 18.4 Å². The van der Waals surface area contributed by atoms with Gasteiger partial charge in [-0.2, -0.15) is 0 Å². The second-order valence-electron chi connectivity index (χ2n) is 4.47. The Morgan fingerprint density at radius 3 is 2.79 bits per heavy atom. The summed E-state index contributed by atoms with van der Waals surface area (Å²) in [4.78, 5) is 4.58. The van der Waals surface area contributed by atoms with Crippen LogP contribution in [0.3, 0.4) is 0 Å². The average Bonchev–Trinajstić information content (AvgIpc) is 2.68. The lowest BCUT2D eigenvalue weighted by molar-refractivity contribution is 0.627. The Labute approximate surface area is 112 Å². The Kier molecular flexibility index (Phi) is 3.69. The Bertz CT molecular complexity index is 614. The van der Waals surface area contributed by atoms with Gasteiger partial charge in [-0.3, -0.25) is 0 Å². The van der Waals surface area contributed by atoms with Crippen LogP contribution in [0.4, 0.5) is 10.2 Å². The van der Waals surface area contributed by atoms with Crippen LogP contribution in [0.2, 0.25) is 0 Å². The van der Waals surface area contributed by atoms with Gasteiger partial charge in [-0.15, -0.1) is 6.58 Å². The van der Waals surface area contributed by atoms with E-state index in [0.717, 1.165) is 29.1 Å². The molecule has 2 aromatic rings. The van der Waals surface area contributed by atoms with E-state index in [4.69, 9.17) is 5.73 Å². The van der Waals surface area contributed by atoms with Gasteiger partial charge < -0.3 is 10.3 Å². The first kappa shape index (κ1) is 13.3. The van der Waals surface area contributed by atoms with Gasteiger partial charge in [0.05, 0.1) is 0 Å². The zero-order chi connectivity index (χ0) is 14.0. The number of nitrogens with two attached hydrogens (primary N) is 1. The number of hydrogen-bond acceptors (Lipinski definition) is 2. The molecule has 0 fully saturated rings. The SMILES string of the molecule is C=CCn1c(CC)nc(-c2ccc(F)cc2C)c1N. The summed E-state index contributed by atoms with van der Waals surface area (Å²) in [6.07, 6.45) is 2.58. The number of nitrogen functional groups attached to an aromatic ring is 1. The van der Waals surface area contributed by atoms with Crippen LogP contribution in [-0.4, -0.2) is 9.55 Å². The summed E-state index contributed by atoms with van der Waals surface area (Å²) in [7, 11) is 0. The standard InChI is InChI=1S/C15H18FN3/c1-4-8-19-13(5-2)18-14(15(19)17)12-7-6-11(16)9-10(12)3/h4,6-7,9H,1,5,8,17H2,2-3H3. The Hall–Kier alpha value is -2.10. The molecule has 0 aliphatic rings. The van der Waals surface area contributed by atoms with Crippen LogP contribution in [0.25, 0.3) is 11.3 Å². The van der Waals surface area contributed by atoms with Gasteiger partial charge in [0.15, 0.2) is 0 Å². The maximum absolute atomic E-state index is 13.2. The van der Waals surface area contributed by atoms with Crippen molar-refractivity contribution in [3.8, 4) is 11.3 Å². The van der Waals surface area contributed by atoms with Crippen LogP contribution in [0, 0.1) is 12.7 Å². The summed E-state index contributed by atoms with van der Waals surface area (Å²) in [5, 5.41) is 0. The summed E-state index contributed by atoms with van der Waals surface area (Å²) in [6.45, 7) is 8.24. The average molecular weight is 259 g/mol. The minimum atomic E-state index is -0.249. The highest BCUT2D eigenvalue weighted by Crippen LogP contribution is 2.29. The van der Waals surface area contributed by atoms with Gasteiger partial charge in [-0.05, 0) is 30.7 Å². The fourth-order valence-electron chi connectivity index (χ4n) is 2.21. The third-order valence-corrected chi connectivity index (χ3v) is 3.16. The highest BCUT2D eigenvalue weighted by molar-refractivity contribution is 5.73. The number of nitrogens with zero attached hydrogens (tertiary/aromatic N) is 2. The van der Waals surface area contributed by atoms with Gasteiger partial charge in [0.25, 0.3) is 0 Å². The molecule has 0 unspecified atom stereocenters. The minimum absolute atomic E-state index is 0.249. The van der Waals surface area contributed by atoms with Gasteiger partial charge in [-0.25, -0.2) is 9.37 Å². The van der Waals surface area contributed by atoms with Crippen molar-refractivity contribution < 1.29 is 4.39 Å². The quantitative estimate of drug-likeness (QED) is 0.856. The van der Waals surface area contributed by atoms with E-state index in [1.54, 1.807) is 12.1 Å². The topological polar surface area (TPSA) is 43.8 Å². The highest BCUT2D eigenvalue weighted by atomic mass is 19.1. The maximum Gasteiger partial charge on any atom is 0.132 e. The highest BCUT2D eigenvalue weighted by Gasteiger charge is 2.16. The molecule has 0 aliphatic heterocycles. The van der Waals surface area contributed by atoms with Crippen molar-refractivity contribution >= 4 is 5.82 Å². The number of aryl methyl sites for hydroxylation is 2. The lowest BCUT2D eigenvalue weighted by Gasteiger charge is -2.06. The Morgan fingerprint density at radius 2 is 2.21 bits per heavy atom. The number of benzene rings is 1. The monoisotopic (exact) mass is 259 g/mol. The fourth-order valence-corrected chi connectivity index (χ4v) is 2.21. The van der Waals surface area contributed by atoms with Crippen LogP contribution >= 0.6 is 0 Å². The van der Waals surface area contributed by atoms with Crippen molar-refractivity contribution in [2.75, 3.05) is 5.73 Å². The van der Waals surface area contributed by atoms with Gasteiger partial charge in [-0.1, -0.05) is 13.0 Å². The van der Waals surface area contributed by atoms with Gasteiger partial charge in [0, 0.05) is 18.5 Å². The summed E-state index contributed by atoms with van der Waals surface area (Å²) in [6, 6.07) is 4.65. The number of imidazole rings is 1. The number of allylic oxidation sites excluding steroid dienone is 1. The molecular weight excluding hydrogens is 241 g/mol. The van der Waals surface area contributed by atoms with Gasteiger partial charge >= 0.3 is 0 Å². The second kappa shape index (κ2) is 5.26. The molecule has 1 aromatic carbocycles. The van der Waals surface area contributed by atoms with E-state index in [1.165, 1.54) is 12.1 Å². The van der Waals surface area contributed by atoms with Crippen molar-refractivity contribution in [2.24, 2.45) is 0 Å². The maximum atomic E-state index is 13.2.